The molecule has 0 saturated carbocycles. The second-order valence-electron chi connectivity index (χ2n) is 6.08. The fourth-order valence-electron chi connectivity index (χ4n) is 2.86. The Bertz CT molecular complexity index is 888. The molecule has 2 aromatic heterocycles. The fourth-order valence-corrected chi connectivity index (χ4v) is 2.86. The minimum absolute atomic E-state index is 0.261. The van der Waals surface area contributed by atoms with E-state index in [9.17, 15) is 4.79 Å². The molecule has 0 atom stereocenters. The Hall–Kier alpha value is -2.93. The van der Waals surface area contributed by atoms with E-state index in [1.54, 1.807) is 12.1 Å². The third kappa shape index (κ3) is 3.32. The van der Waals surface area contributed by atoms with Gasteiger partial charge in [0.15, 0.2) is 11.5 Å². The summed E-state index contributed by atoms with van der Waals surface area (Å²) in [6.07, 6.45) is 1.86. The summed E-state index contributed by atoms with van der Waals surface area (Å²) in [5.41, 5.74) is 3.72. The average Bonchev–Trinajstić information content (AvgIpc) is 3.23. The molecule has 0 bridgehead atoms. The lowest BCUT2D eigenvalue weighted by molar-refractivity contribution is 0.0798. The summed E-state index contributed by atoms with van der Waals surface area (Å²) in [5.74, 6) is 0.254. The zero-order chi connectivity index (χ0) is 17.2. The Balaban J connectivity index is 1.45. The highest BCUT2D eigenvalue weighted by Gasteiger charge is 2.17. The standard InChI is InChI=1S/C18H19N5O2/c1-13-4-2-3-5-14(13)11-22-7-6-17(21-22)19-18(24)16-10-15-12-25-9-8-23(15)20-16/h2-7,10H,8-9,11-12H2,1H3,(H,19,21,24). The van der Waals surface area contributed by atoms with E-state index in [2.05, 4.69) is 34.6 Å². The average molecular weight is 337 g/mol. The van der Waals surface area contributed by atoms with Gasteiger partial charge in [0.05, 0.1) is 32.0 Å². The van der Waals surface area contributed by atoms with E-state index in [4.69, 9.17) is 4.74 Å². The number of hydrogen-bond donors (Lipinski definition) is 1. The lowest BCUT2D eigenvalue weighted by Crippen LogP contribution is -2.18. The molecular formula is C18H19N5O2. The summed E-state index contributed by atoms with van der Waals surface area (Å²) < 4.78 is 8.99. The van der Waals surface area contributed by atoms with Gasteiger partial charge in [-0.05, 0) is 24.1 Å². The van der Waals surface area contributed by atoms with E-state index < -0.39 is 0 Å². The SMILES string of the molecule is Cc1ccccc1Cn1ccc(NC(=O)c2cc3n(n2)CCOC3)n1. The van der Waals surface area contributed by atoms with Crippen LogP contribution >= 0.6 is 0 Å². The van der Waals surface area contributed by atoms with Crippen LogP contribution in [0.2, 0.25) is 0 Å². The van der Waals surface area contributed by atoms with Crippen molar-refractivity contribution < 1.29 is 9.53 Å². The largest absolute Gasteiger partial charge is 0.373 e. The highest BCUT2D eigenvalue weighted by Crippen LogP contribution is 2.14. The maximum atomic E-state index is 12.4. The zero-order valence-electron chi connectivity index (χ0n) is 14.0. The van der Waals surface area contributed by atoms with Gasteiger partial charge in [0.1, 0.15) is 0 Å². The molecule has 7 heteroatoms. The van der Waals surface area contributed by atoms with E-state index in [1.165, 1.54) is 11.1 Å². The lowest BCUT2D eigenvalue weighted by Gasteiger charge is -2.12. The number of aromatic nitrogens is 4. The quantitative estimate of drug-likeness (QED) is 0.792. The van der Waals surface area contributed by atoms with Crippen LogP contribution in [0.1, 0.15) is 27.3 Å². The second-order valence-corrected chi connectivity index (χ2v) is 6.08. The second kappa shape index (κ2) is 6.52. The van der Waals surface area contributed by atoms with Crippen LogP contribution in [0, 0.1) is 6.92 Å². The Kier molecular flexibility index (Phi) is 4.07. The fraction of sp³-hybridized carbons (Fsp3) is 0.278. The number of carbonyl (C=O) groups excluding carboxylic acids is 1. The molecule has 1 aliphatic heterocycles. The molecule has 0 aliphatic carbocycles. The molecule has 0 unspecified atom stereocenters. The summed E-state index contributed by atoms with van der Waals surface area (Å²) in [5, 5.41) is 11.5. The predicted octanol–water partition coefficient (Wildman–Crippen LogP) is 2.22. The Labute approximate surface area is 145 Å². The molecular weight excluding hydrogens is 318 g/mol. The Morgan fingerprint density at radius 3 is 3.00 bits per heavy atom. The first-order valence-corrected chi connectivity index (χ1v) is 8.23. The highest BCUT2D eigenvalue weighted by atomic mass is 16.5. The van der Waals surface area contributed by atoms with Crippen molar-refractivity contribution in [1.82, 2.24) is 19.6 Å². The van der Waals surface area contributed by atoms with Gasteiger partial charge in [0.2, 0.25) is 0 Å². The van der Waals surface area contributed by atoms with E-state index >= 15 is 0 Å². The number of aryl methyl sites for hydroxylation is 1. The van der Waals surface area contributed by atoms with E-state index in [-0.39, 0.29) is 5.91 Å². The van der Waals surface area contributed by atoms with Crippen LogP contribution in [-0.4, -0.2) is 32.1 Å². The van der Waals surface area contributed by atoms with Crippen LogP contribution in [0.3, 0.4) is 0 Å². The van der Waals surface area contributed by atoms with Crippen LogP contribution in [-0.2, 0) is 24.4 Å². The molecule has 1 aliphatic rings. The Morgan fingerprint density at radius 1 is 1.28 bits per heavy atom. The van der Waals surface area contributed by atoms with Crippen molar-refractivity contribution >= 4 is 11.7 Å². The van der Waals surface area contributed by atoms with E-state index in [0.717, 1.165) is 5.69 Å². The number of amides is 1. The molecule has 0 fully saturated rings. The molecule has 1 aromatic carbocycles. The number of fused-ring (bicyclic) bond motifs is 1. The molecule has 1 amide bonds. The minimum atomic E-state index is -0.261. The van der Waals surface area contributed by atoms with Gasteiger partial charge in [-0.25, -0.2) is 0 Å². The number of ether oxygens (including phenoxy) is 1. The van der Waals surface area contributed by atoms with Crippen molar-refractivity contribution in [2.75, 3.05) is 11.9 Å². The predicted molar refractivity (Wildman–Crippen MR) is 92.3 cm³/mol. The van der Waals surface area contributed by atoms with Crippen LogP contribution in [0.5, 0.6) is 0 Å². The summed E-state index contributed by atoms with van der Waals surface area (Å²) in [6, 6.07) is 11.7. The lowest BCUT2D eigenvalue weighted by atomic mass is 10.1. The molecule has 0 radical (unpaired) electrons. The first-order valence-electron chi connectivity index (χ1n) is 8.23. The van der Waals surface area contributed by atoms with Gasteiger partial charge in [0.25, 0.3) is 5.91 Å². The molecule has 3 heterocycles. The van der Waals surface area contributed by atoms with Gasteiger partial charge in [-0.1, -0.05) is 24.3 Å². The van der Waals surface area contributed by atoms with Crippen molar-refractivity contribution in [2.24, 2.45) is 0 Å². The molecule has 25 heavy (non-hydrogen) atoms. The molecule has 0 saturated heterocycles. The van der Waals surface area contributed by atoms with Gasteiger partial charge >= 0.3 is 0 Å². The number of nitrogens with zero attached hydrogens (tertiary/aromatic N) is 4. The van der Waals surface area contributed by atoms with Crippen LogP contribution < -0.4 is 5.32 Å². The normalized spacial score (nSPS) is 13.5. The zero-order valence-corrected chi connectivity index (χ0v) is 14.0. The summed E-state index contributed by atoms with van der Waals surface area (Å²) in [7, 11) is 0. The van der Waals surface area contributed by atoms with Crippen LogP contribution in [0.15, 0.2) is 42.6 Å². The van der Waals surface area contributed by atoms with Gasteiger partial charge < -0.3 is 10.1 Å². The first kappa shape index (κ1) is 15.6. The minimum Gasteiger partial charge on any atom is -0.373 e. The van der Waals surface area contributed by atoms with Gasteiger partial charge in [-0.3, -0.25) is 14.2 Å². The number of carbonyl (C=O) groups is 1. The molecule has 0 spiro atoms. The third-order valence-electron chi connectivity index (χ3n) is 4.27. The number of rotatable bonds is 4. The maximum absolute atomic E-state index is 12.4. The molecule has 7 nitrogen and oxygen atoms in total. The number of nitrogens with one attached hydrogen (secondary N) is 1. The van der Waals surface area contributed by atoms with Crippen molar-refractivity contribution in [1.29, 1.82) is 0 Å². The molecule has 3 aromatic rings. The maximum Gasteiger partial charge on any atom is 0.277 e. The van der Waals surface area contributed by atoms with Crippen molar-refractivity contribution in [3.05, 3.63) is 65.1 Å². The van der Waals surface area contributed by atoms with Crippen molar-refractivity contribution in [2.45, 2.75) is 26.6 Å². The van der Waals surface area contributed by atoms with E-state index in [0.29, 0.717) is 37.8 Å². The first-order chi connectivity index (χ1) is 12.2. The van der Waals surface area contributed by atoms with E-state index in [1.807, 2.05) is 27.7 Å². The number of benzene rings is 1. The summed E-state index contributed by atoms with van der Waals surface area (Å²) >= 11 is 0. The third-order valence-corrected chi connectivity index (χ3v) is 4.27. The monoisotopic (exact) mass is 337 g/mol. The molecule has 128 valence electrons. The Morgan fingerprint density at radius 2 is 2.16 bits per heavy atom. The van der Waals surface area contributed by atoms with Gasteiger partial charge in [-0.2, -0.15) is 10.2 Å². The van der Waals surface area contributed by atoms with Gasteiger partial charge in [-0.15, -0.1) is 0 Å². The topological polar surface area (TPSA) is 74.0 Å². The van der Waals surface area contributed by atoms with Crippen LogP contribution in [0.25, 0.3) is 0 Å². The molecule has 1 N–H and O–H groups in total. The van der Waals surface area contributed by atoms with Gasteiger partial charge in [0, 0.05) is 12.3 Å². The van der Waals surface area contributed by atoms with Crippen molar-refractivity contribution in [3.63, 3.8) is 0 Å². The smallest absolute Gasteiger partial charge is 0.277 e. The summed E-state index contributed by atoms with van der Waals surface area (Å²) in [6.45, 7) is 4.53. The summed E-state index contributed by atoms with van der Waals surface area (Å²) in [4.78, 5) is 12.4. The number of hydrogen-bond acceptors (Lipinski definition) is 4. The molecule has 4 rings (SSSR count). The highest BCUT2D eigenvalue weighted by molar-refractivity contribution is 6.02. The van der Waals surface area contributed by atoms with Crippen molar-refractivity contribution in [3.8, 4) is 0 Å². The number of anilines is 1. The van der Waals surface area contributed by atoms with Crippen LogP contribution in [0.4, 0.5) is 5.82 Å².